The zero-order chi connectivity index (χ0) is 13.1. The average Bonchev–Trinajstić information content (AvgIpc) is 2.65. The Morgan fingerprint density at radius 3 is 2.35 bits per heavy atom. The minimum Gasteiger partial charge on any atom is -0.333 e. The second-order valence-electron chi connectivity index (χ2n) is 3.67. The Labute approximate surface area is 101 Å². The smallest absolute Gasteiger partial charge is 0.186 e. The van der Waals surface area contributed by atoms with Gasteiger partial charge in [0.05, 0.1) is 0 Å². The number of halogens is 1. The van der Waals surface area contributed by atoms with Gasteiger partial charge in [-0.3, -0.25) is 0 Å². The van der Waals surface area contributed by atoms with E-state index >= 15 is 0 Å². The molecule has 0 amide bonds. The summed E-state index contributed by atoms with van der Waals surface area (Å²) in [6, 6.07) is 4.30. The van der Waals surface area contributed by atoms with Crippen LogP contribution in [-0.2, 0) is 6.54 Å². The molecule has 0 unspecified atom stereocenters. The number of fused-ring (bicyclic) bond motifs is 1. The maximum atomic E-state index is 8.49. The lowest BCUT2D eigenvalue weighted by molar-refractivity contribution is -2.00. The molecular weight excluding hydrogens is 248 g/mol. The van der Waals surface area contributed by atoms with E-state index in [0.717, 1.165) is 6.54 Å². The van der Waals surface area contributed by atoms with Crippen LogP contribution in [0.25, 0.3) is 6.08 Å². The predicted molar refractivity (Wildman–Crippen MR) is 50.7 cm³/mol. The number of aromatic nitrogens is 1. The number of allylic oxidation sites excluding steroid dienone is 1. The van der Waals surface area contributed by atoms with Crippen molar-refractivity contribution in [2.75, 3.05) is 14.1 Å². The molecule has 0 aliphatic carbocycles. The summed E-state index contributed by atoms with van der Waals surface area (Å²) in [5, 5.41) is 0. The van der Waals surface area contributed by atoms with Crippen molar-refractivity contribution in [3.63, 3.8) is 0 Å². The summed E-state index contributed by atoms with van der Waals surface area (Å²) in [6.45, 7) is 1.02. The van der Waals surface area contributed by atoms with Crippen LogP contribution in [-0.4, -0.2) is 29.5 Å². The highest BCUT2D eigenvalue weighted by Gasteiger charge is 2.08. The second kappa shape index (κ2) is 5.44. The quantitative estimate of drug-likeness (QED) is 0.385. The minimum absolute atomic E-state index is 1.02. The van der Waals surface area contributed by atoms with Crippen LogP contribution in [0.3, 0.4) is 0 Å². The Morgan fingerprint density at radius 2 is 1.82 bits per heavy atom. The molecular formula is C10H13ClN2O4. The lowest BCUT2D eigenvalue weighted by atomic mass is 10.4. The molecule has 2 heterocycles. The van der Waals surface area contributed by atoms with Gasteiger partial charge < -0.3 is 4.57 Å². The molecule has 0 atom stereocenters. The topological polar surface area (TPSA) is 100 Å². The van der Waals surface area contributed by atoms with Gasteiger partial charge in [-0.25, -0.2) is 23.2 Å². The fourth-order valence-corrected chi connectivity index (χ4v) is 1.51. The molecule has 1 aromatic rings. The molecule has 0 radical (unpaired) electrons. The molecule has 1 aliphatic rings. The van der Waals surface area contributed by atoms with Crippen LogP contribution in [0.5, 0.6) is 0 Å². The fourth-order valence-electron chi connectivity index (χ4n) is 1.51. The fraction of sp³-hybridized carbons (Fsp3) is 0.300. The van der Waals surface area contributed by atoms with Crippen molar-refractivity contribution in [1.82, 2.24) is 4.57 Å². The highest BCUT2D eigenvalue weighted by Crippen LogP contribution is 2.14. The summed E-state index contributed by atoms with van der Waals surface area (Å²) in [4.78, 5) is 0. The van der Waals surface area contributed by atoms with Crippen LogP contribution in [0.2, 0.25) is 0 Å². The van der Waals surface area contributed by atoms with Crippen molar-refractivity contribution < 1.29 is 33.5 Å². The van der Waals surface area contributed by atoms with Crippen LogP contribution in [0.4, 0.5) is 0 Å². The Bertz CT molecular complexity index is 436. The second-order valence-corrected chi connectivity index (χ2v) is 4.42. The molecule has 0 aromatic carbocycles. The molecule has 0 saturated heterocycles. The summed E-state index contributed by atoms with van der Waals surface area (Å²) in [5.41, 5.74) is 2.59. The number of hydrogen-bond donors (Lipinski definition) is 0. The van der Waals surface area contributed by atoms with Gasteiger partial charge in [0.25, 0.3) is 0 Å². The zero-order valence-electron chi connectivity index (χ0n) is 9.50. The average molecular weight is 261 g/mol. The summed E-state index contributed by atoms with van der Waals surface area (Å²) in [5.74, 6) is 0. The molecule has 0 fully saturated rings. The zero-order valence-corrected chi connectivity index (χ0v) is 10.3. The van der Waals surface area contributed by atoms with Crippen molar-refractivity contribution in [1.29, 1.82) is 0 Å². The molecule has 1 aromatic heterocycles. The number of rotatable bonds is 1. The lowest BCUT2D eigenvalue weighted by Gasteiger charge is -2.17. The predicted octanol–water partition coefficient (Wildman–Crippen LogP) is -3.55. The standard InChI is InChI=1S/C10H13N2.ClHO4/c1-11(2)8-10-6-5-9-4-3-7-12(9)10;2-1(3,4)5/h3-6,8H,7H2,1-2H3;(H,2,3,4,5)/q+1;/p-1. The third kappa shape index (κ3) is 5.12. The minimum atomic E-state index is -4.94. The van der Waals surface area contributed by atoms with Gasteiger partial charge in [0, 0.05) is 12.2 Å². The van der Waals surface area contributed by atoms with Crippen molar-refractivity contribution in [3.05, 3.63) is 29.6 Å². The maximum Gasteiger partial charge on any atom is 0.186 e. The van der Waals surface area contributed by atoms with E-state index in [-0.39, 0.29) is 0 Å². The van der Waals surface area contributed by atoms with Crippen molar-refractivity contribution in [2.45, 2.75) is 6.54 Å². The van der Waals surface area contributed by atoms with Crippen LogP contribution in [0.1, 0.15) is 11.4 Å². The largest absolute Gasteiger partial charge is 0.333 e. The van der Waals surface area contributed by atoms with E-state index in [1.165, 1.54) is 11.4 Å². The SMILES string of the molecule is C[N+](C)=Cc1ccc2n1CC=C2.[O-][Cl+3]([O-])([O-])[O-]. The van der Waals surface area contributed by atoms with E-state index in [2.05, 4.69) is 39.6 Å². The first-order chi connectivity index (χ1) is 7.77. The summed E-state index contributed by atoms with van der Waals surface area (Å²) >= 11 is 0. The van der Waals surface area contributed by atoms with Gasteiger partial charge in [-0.05, 0) is 18.2 Å². The van der Waals surface area contributed by atoms with Crippen molar-refractivity contribution >= 4 is 12.3 Å². The summed E-state index contributed by atoms with van der Waals surface area (Å²) < 4.78 is 38.3. The van der Waals surface area contributed by atoms with Crippen molar-refractivity contribution in [2.24, 2.45) is 0 Å². The van der Waals surface area contributed by atoms with E-state index < -0.39 is 10.2 Å². The van der Waals surface area contributed by atoms with E-state index in [1.54, 1.807) is 0 Å². The normalized spacial score (nSPS) is 12.8. The Morgan fingerprint density at radius 1 is 1.24 bits per heavy atom. The van der Waals surface area contributed by atoms with Gasteiger partial charge in [-0.2, -0.15) is 0 Å². The molecule has 7 heteroatoms. The number of nitrogens with zero attached hydrogens (tertiary/aromatic N) is 2. The Balaban J connectivity index is 0.000000249. The third-order valence-corrected chi connectivity index (χ3v) is 2.02. The van der Waals surface area contributed by atoms with Gasteiger partial charge in [0.2, 0.25) is 0 Å². The molecule has 6 nitrogen and oxygen atoms in total. The lowest BCUT2D eigenvalue weighted by Crippen LogP contribution is -2.68. The molecule has 0 saturated carbocycles. The third-order valence-electron chi connectivity index (χ3n) is 2.02. The highest BCUT2D eigenvalue weighted by molar-refractivity contribution is 5.75. The van der Waals surface area contributed by atoms with E-state index in [1.807, 2.05) is 14.1 Å². The van der Waals surface area contributed by atoms with Gasteiger partial charge in [-0.1, -0.05) is 6.08 Å². The number of hydrogen-bond acceptors (Lipinski definition) is 4. The van der Waals surface area contributed by atoms with Gasteiger partial charge in [0.15, 0.2) is 6.21 Å². The monoisotopic (exact) mass is 260 g/mol. The Kier molecular flexibility index (Phi) is 4.44. The van der Waals surface area contributed by atoms with Gasteiger partial charge in [-0.15, -0.1) is 10.2 Å². The molecule has 0 spiro atoms. The van der Waals surface area contributed by atoms with Crippen LogP contribution >= 0.6 is 0 Å². The summed E-state index contributed by atoms with van der Waals surface area (Å²) in [7, 11) is -0.856. The highest BCUT2D eigenvalue weighted by atomic mass is 35.7. The van der Waals surface area contributed by atoms with Gasteiger partial charge >= 0.3 is 0 Å². The first kappa shape index (κ1) is 13.9. The molecule has 0 N–H and O–H groups in total. The van der Waals surface area contributed by atoms with Crippen LogP contribution < -0.4 is 18.6 Å². The van der Waals surface area contributed by atoms with Crippen molar-refractivity contribution in [3.8, 4) is 0 Å². The molecule has 17 heavy (non-hydrogen) atoms. The van der Waals surface area contributed by atoms with Crippen LogP contribution in [0.15, 0.2) is 18.2 Å². The molecule has 0 bridgehead atoms. The van der Waals surface area contributed by atoms with E-state index in [9.17, 15) is 0 Å². The molecule has 2 rings (SSSR count). The first-order valence-corrected chi connectivity index (χ1v) is 6.00. The Hall–Kier alpha value is -1.18. The first-order valence-electron chi connectivity index (χ1n) is 4.76. The van der Waals surface area contributed by atoms with Crippen LogP contribution in [0, 0.1) is 10.2 Å². The van der Waals surface area contributed by atoms with Gasteiger partial charge in [0.1, 0.15) is 19.8 Å². The maximum absolute atomic E-state index is 8.49. The molecule has 1 aliphatic heterocycles. The van der Waals surface area contributed by atoms with E-state index in [4.69, 9.17) is 18.6 Å². The summed E-state index contributed by atoms with van der Waals surface area (Å²) in [6.07, 6.45) is 6.48. The van der Waals surface area contributed by atoms with E-state index in [0.29, 0.717) is 0 Å². The molecule has 94 valence electrons.